The van der Waals surface area contributed by atoms with Crippen LogP contribution in [0, 0.1) is 40.8 Å². The van der Waals surface area contributed by atoms with Gasteiger partial charge in [-0.25, -0.2) is 9.37 Å². The van der Waals surface area contributed by atoms with Crippen LogP contribution in [0.25, 0.3) is 10.9 Å². The summed E-state index contributed by atoms with van der Waals surface area (Å²) in [6.45, 7) is 1.96. The van der Waals surface area contributed by atoms with Crippen LogP contribution < -0.4 is 10.1 Å². The lowest BCUT2D eigenvalue weighted by Gasteiger charge is -2.20. The Kier molecular flexibility index (Phi) is 4.78. The van der Waals surface area contributed by atoms with Crippen molar-refractivity contribution in [1.29, 1.82) is 5.26 Å². The number of pyridine rings is 2. The van der Waals surface area contributed by atoms with Gasteiger partial charge in [0, 0.05) is 23.7 Å². The zero-order chi connectivity index (χ0) is 21.5. The first-order chi connectivity index (χ1) is 15.0. The topological polar surface area (TPSA) is 87.9 Å². The first kappa shape index (κ1) is 19.4. The lowest BCUT2D eigenvalue weighted by Crippen LogP contribution is -2.26. The number of amides is 1. The number of ether oxygens (including phenoxy) is 1. The fourth-order valence-electron chi connectivity index (χ4n) is 5.00. The first-order valence-corrected chi connectivity index (χ1v) is 10.4. The lowest BCUT2D eigenvalue weighted by molar-refractivity contribution is -0.120. The van der Waals surface area contributed by atoms with E-state index in [1.54, 1.807) is 30.5 Å². The van der Waals surface area contributed by atoms with E-state index >= 15 is 0 Å². The second-order valence-electron chi connectivity index (χ2n) is 8.41. The molecule has 5 atom stereocenters. The molecule has 2 heterocycles. The van der Waals surface area contributed by atoms with E-state index in [-0.39, 0.29) is 23.7 Å². The SMILES string of the molecule is CC(C(=O)Nc1ccc(C#N)cn1)C1[C@H]2CC(Oc3ccnc4ccc(F)cc34)C[C@@H]12. The molecule has 2 aromatic heterocycles. The summed E-state index contributed by atoms with van der Waals surface area (Å²) in [5.41, 5.74) is 1.17. The molecule has 1 N–H and O–H groups in total. The second kappa shape index (κ2) is 7.62. The monoisotopic (exact) mass is 416 g/mol. The minimum atomic E-state index is -0.309. The minimum Gasteiger partial charge on any atom is -0.490 e. The molecule has 7 heteroatoms. The predicted octanol–water partition coefficient (Wildman–Crippen LogP) is 4.32. The fourth-order valence-corrected chi connectivity index (χ4v) is 5.00. The summed E-state index contributed by atoms with van der Waals surface area (Å²) < 4.78 is 19.9. The number of fused-ring (bicyclic) bond motifs is 2. The van der Waals surface area contributed by atoms with Crippen molar-refractivity contribution in [3.63, 3.8) is 0 Å². The van der Waals surface area contributed by atoms with Crippen molar-refractivity contribution in [2.45, 2.75) is 25.9 Å². The highest BCUT2D eigenvalue weighted by Crippen LogP contribution is 2.61. The number of hydrogen-bond donors (Lipinski definition) is 1. The van der Waals surface area contributed by atoms with Gasteiger partial charge in [-0.1, -0.05) is 6.92 Å². The Balaban J connectivity index is 1.19. The number of carbonyl (C=O) groups excluding carboxylic acids is 1. The van der Waals surface area contributed by atoms with Gasteiger partial charge in [-0.3, -0.25) is 9.78 Å². The van der Waals surface area contributed by atoms with E-state index in [9.17, 15) is 9.18 Å². The van der Waals surface area contributed by atoms with Gasteiger partial charge in [-0.15, -0.1) is 0 Å². The summed E-state index contributed by atoms with van der Waals surface area (Å²) in [5.74, 6) is 1.90. The standard InChI is InChI=1S/C24H21FN4O2/c1-13(24(30)29-22-5-2-14(11-26)12-28-22)23-17-9-16(10-18(17)23)31-21-6-7-27-20-4-3-15(25)8-19(20)21/h2-8,12-13,16-18,23H,9-10H2,1H3,(H,28,29,30)/t13?,16?,17-,18+,23?. The molecule has 2 aliphatic rings. The Bertz CT molecular complexity index is 1180. The summed E-state index contributed by atoms with van der Waals surface area (Å²) in [4.78, 5) is 21.0. The molecule has 2 aliphatic carbocycles. The molecule has 0 bridgehead atoms. The highest BCUT2D eigenvalue weighted by atomic mass is 19.1. The van der Waals surface area contributed by atoms with Gasteiger partial charge in [0.05, 0.1) is 17.2 Å². The van der Waals surface area contributed by atoms with E-state index in [4.69, 9.17) is 10.00 Å². The van der Waals surface area contributed by atoms with Gasteiger partial charge in [-0.05, 0) is 67.0 Å². The first-order valence-electron chi connectivity index (χ1n) is 10.4. The van der Waals surface area contributed by atoms with Gasteiger partial charge >= 0.3 is 0 Å². The number of nitriles is 1. The normalized spacial score (nSPS) is 24.8. The molecule has 0 spiro atoms. The number of halogens is 1. The molecule has 2 saturated carbocycles. The molecule has 3 unspecified atom stereocenters. The summed E-state index contributed by atoms with van der Waals surface area (Å²) >= 11 is 0. The minimum absolute atomic E-state index is 0.0512. The second-order valence-corrected chi connectivity index (χ2v) is 8.41. The van der Waals surface area contributed by atoms with Crippen LogP contribution in [0.3, 0.4) is 0 Å². The van der Waals surface area contributed by atoms with E-state index in [1.165, 1.54) is 18.3 Å². The molecular formula is C24H21FN4O2. The van der Waals surface area contributed by atoms with Crippen molar-refractivity contribution >= 4 is 22.6 Å². The largest absolute Gasteiger partial charge is 0.490 e. The molecule has 2 fully saturated rings. The third kappa shape index (κ3) is 3.70. The van der Waals surface area contributed by atoms with Crippen molar-refractivity contribution in [3.8, 4) is 11.8 Å². The van der Waals surface area contributed by atoms with Crippen molar-refractivity contribution in [2.24, 2.45) is 23.7 Å². The molecule has 1 amide bonds. The Morgan fingerprint density at radius 3 is 2.74 bits per heavy atom. The smallest absolute Gasteiger partial charge is 0.228 e. The summed E-state index contributed by atoms with van der Waals surface area (Å²) in [6.07, 6.45) is 4.97. The maximum atomic E-state index is 13.7. The maximum Gasteiger partial charge on any atom is 0.228 e. The van der Waals surface area contributed by atoms with Crippen molar-refractivity contribution in [2.75, 3.05) is 5.32 Å². The summed E-state index contributed by atoms with van der Waals surface area (Å²) in [5, 5.41) is 12.4. The molecule has 0 aliphatic heterocycles. The van der Waals surface area contributed by atoms with Crippen LogP contribution in [0.5, 0.6) is 5.75 Å². The highest BCUT2D eigenvalue weighted by Gasteiger charge is 2.59. The van der Waals surface area contributed by atoms with Crippen LogP contribution in [0.1, 0.15) is 25.3 Å². The zero-order valence-corrected chi connectivity index (χ0v) is 17.0. The van der Waals surface area contributed by atoms with Crippen LogP contribution in [-0.4, -0.2) is 22.0 Å². The van der Waals surface area contributed by atoms with E-state index in [0.29, 0.717) is 45.8 Å². The number of rotatable bonds is 5. The van der Waals surface area contributed by atoms with E-state index in [2.05, 4.69) is 15.3 Å². The molecule has 1 aromatic carbocycles. The van der Waals surface area contributed by atoms with Crippen LogP contribution >= 0.6 is 0 Å². The van der Waals surface area contributed by atoms with E-state index in [0.717, 1.165) is 12.8 Å². The average molecular weight is 416 g/mol. The van der Waals surface area contributed by atoms with Gasteiger partial charge in [0.1, 0.15) is 23.5 Å². The number of benzene rings is 1. The number of nitrogens with zero attached hydrogens (tertiary/aromatic N) is 3. The Hall–Kier alpha value is -3.53. The van der Waals surface area contributed by atoms with Crippen molar-refractivity contribution in [3.05, 3.63) is 60.2 Å². The molecular weight excluding hydrogens is 395 g/mol. The molecule has 3 aromatic rings. The van der Waals surface area contributed by atoms with Gasteiger partial charge < -0.3 is 10.1 Å². The third-order valence-electron chi connectivity index (χ3n) is 6.56. The third-order valence-corrected chi connectivity index (χ3v) is 6.56. The molecule has 156 valence electrons. The van der Waals surface area contributed by atoms with Gasteiger partial charge in [0.25, 0.3) is 0 Å². The van der Waals surface area contributed by atoms with Crippen LogP contribution in [0.4, 0.5) is 10.2 Å². The lowest BCUT2D eigenvalue weighted by atomic mass is 9.97. The van der Waals surface area contributed by atoms with Gasteiger partial charge in [0.2, 0.25) is 5.91 Å². The molecule has 5 rings (SSSR count). The highest BCUT2D eigenvalue weighted by molar-refractivity contribution is 5.92. The number of nitrogens with one attached hydrogen (secondary N) is 1. The Morgan fingerprint density at radius 1 is 1.23 bits per heavy atom. The number of hydrogen-bond acceptors (Lipinski definition) is 5. The quantitative estimate of drug-likeness (QED) is 0.669. The average Bonchev–Trinajstić information content (AvgIpc) is 3.28. The fraction of sp³-hybridized carbons (Fsp3) is 0.333. The number of carbonyl (C=O) groups is 1. The molecule has 6 nitrogen and oxygen atoms in total. The molecule has 31 heavy (non-hydrogen) atoms. The number of aromatic nitrogens is 2. The van der Waals surface area contributed by atoms with Crippen molar-refractivity contribution in [1.82, 2.24) is 9.97 Å². The maximum absolute atomic E-state index is 13.7. The summed E-state index contributed by atoms with van der Waals surface area (Å²) in [7, 11) is 0. The van der Waals surface area contributed by atoms with E-state index < -0.39 is 0 Å². The zero-order valence-electron chi connectivity index (χ0n) is 17.0. The molecule has 0 saturated heterocycles. The van der Waals surface area contributed by atoms with Gasteiger partial charge in [-0.2, -0.15) is 5.26 Å². The van der Waals surface area contributed by atoms with Crippen LogP contribution in [-0.2, 0) is 4.79 Å². The van der Waals surface area contributed by atoms with Crippen molar-refractivity contribution < 1.29 is 13.9 Å². The molecule has 0 radical (unpaired) electrons. The van der Waals surface area contributed by atoms with E-state index in [1.807, 2.05) is 13.0 Å². The van der Waals surface area contributed by atoms with Gasteiger partial charge in [0.15, 0.2) is 0 Å². The number of anilines is 1. The van der Waals surface area contributed by atoms with Crippen LogP contribution in [0.2, 0.25) is 0 Å². The van der Waals surface area contributed by atoms with Crippen LogP contribution in [0.15, 0.2) is 48.8 Å². The Morgan fingerprint density at radius 2 is 2.03 bits per heavy atom. The Labute approximate surface area is 179 Å². The summed E-state index contributed by atoms with van der Waals surface area (Å²) in [6, 6.07) is 11.6. The predicted molar refractivity (Wildman–Crippen MR) is 113 cm³/mol.